The van der Waals surface area contributed by atoms with Gasteiger partial charge in [0.25, 0.3) is 0 Å². The van der Waals surface area contributed by atoms with Gasteiger partial charge in [0.05, 0.1) is 11.6 Å². The van der Waals surface area contributed by atoms with E-state index in [9.17, 15) is 14.0 Å². The first kappa shape index (κ1) is 16.7. The Morgan fingerprint density at radius 2 is 2.12 bits per heavy atom. The molecular formula is C17H23FN4O2. The van der Waals surface area contributed by atoms with Gasteiger partial charge in [0.2, 0.25) is 11.8 Å². The Labute approximate surface area is 140 Å². The fraction of sp³-hybridized carbons (Fsp3) is 0.529. The van der Waals surface area contributed by atoms with Gasteiger partial charge in [-0.2, -0.15) is 0 Å². The number of benzene rings is 1. The summed E-state index contributed by atoms with van der Waals surface area (Å²) in [5.41, 5.74) is 1.28. The number of hydrogen-bond acceptors (Lipinski definition) is 4. The lowest BCUT2D eigenvalue weighted by Gasteiger charge is -2.30. The van der Waals surface area contributed by atoms with Gasteiger partial charge in [-0.15, -0.1) is 0 Å². The van der Waals surface area contributed by atoms with Crippen LogP contribution in [0.4, 0.5) is 10.1 Å². The molecular weight excluding hydrogens is 311 g/mol. The molecule has 7 heteroatoms. The van der Waals surface area contributed by atoms with Crippen molar-refractivity contribution < 1.29 is 14.0 Å². The zero-order valence-corrected chi connectivity index (χ0v) is 13.8. The van der Waals surface area contributed by atoms with Crippen LogP contribution in [0.25, 0.3) is 0 Å². The van der Waals surface area contributed by atoms with Gasteiger partial charge < -0.3 is 20.9 Å². The molecule has 2 aliphatic rings. The molecule has 6 nitrogen and oxygen atoms in total. The summed E-state index contributed by atoms with van der Waals surface area (Å²) < 4.78 is 14.5. The van der Waals surface area contributed by atoms with Crippen LogP contribution in [0.3, 0.4) is 0 Å². The first-order chi connectivity index (χ1) is 11.5. The highest BCUT2D eigenvalue weighted by Crippen LogP contribution is 2.30. The molecule has 2 aliphatic heterocycles. The molecule has 0 spiro atoms. The molecule has 0 saturated carbocycles. The van der Waals surface area contributed by atoms with Gasteiger partial charge in [-0.1, -0.05) is 6.07 Å². The monoisotopic (exact) mass is 334 g/mol. The number of carbonyl (C=O) groups excluding carboxylic acids is 2. The summed E-state index contributed by atoms with van der Waals surface area (Å²) in [6, 6.07) is 4.97. The van der Waals surface area contributed by atoms with E-state index in [4.69, 9.17) is 0 Å². The first-order valence-electron chi connectivity index (χ1n) is 8.34. The number of anilines is 1. The van der Waals surface area contributed by atoms with Crippen LogP contribution >= 0.6 is 0 Å². The van der Waals surface area contributed by atoms with Crippen molar-refractivity contribution in [2.24, 2.45) is 0 Å². The maximum Gasteiger partial charge on any atom is 0.227 e. The summed E-state index contributed by atoms with van der Waals surface area (Å²) in [4.78, 5) is 25.2. The molecule has 0 bridgehead atoms. The molecule has 24 heavy (non-hydrogen) atoms. The Morgan fingerprint density at radius 3 is 2.79 bits per heavy atom. The summed E-state index contributed by atoms with van der Waals surface area (Å²) in [5.74, 6) is -0.887. The molecule has 0 radical (unpaired) electrons. The lowest BCUT2D eigenvalue weighted by Crippen LogP contribution is -2.43. The second-order valence-electron chi connectivity index (χ2n) is 6.38. The summed E-state index contributed by atoms with van der Waals surface area (Å²) in [5, 5.41) is 8.81. The van der Waals surface area contributed by atoms with Crippen LogP contribution in [0.5, 0.6) is 0 Å². The van der Waals surface area contributed by atoms with E-state index in [1.807, 2.05) is 11.0 Å². The number of piperazine rings is 1. The lowest BCUT2D eigenvalue weighted by molar-refractivity contribution is -0.121. The molecule has 2 saturated heterocycles. The number of hydrogen-bond donors (Lipinski definition) is 3. The van der Waals surface area contributed by atoms with Gasteiger partial charge in [-0.25, -0.2) is 4.39 Å². The first-order valence-corrected chi connectivity index (χ1v) is 8.34. The van der Waals surface area contributed by atoms with E-state index >= 15 is 0 Å². The number of carbonyl (C=O) groups is 2. The second kappa shape index (κ2) is 7.17. The third-order valence-corrected chi connectivity index (χ3v) is 4.61. The molecule has 1 unspecified atom stereocenters. The van der Waals surface area contributed by atoms with Crippen LogP contribution in [-0.4, -0.2) is 50.6 Å². The number of halogens is 1. The van der Waals surface area contributed by atoms with Gasteiger partial charge in [0, 0.05) is 45.7 Å². The summed E-state index contributed by atoms with van der Waals surface area (Å²) in [6.07, 6.45) is 0.561. The average Bonchev–Trinajstić information content (AvgIpc) is 2.94. The Hall–Kier alpha value is -2.15. The summed E-state index contributed by atoms with van der Waals surface area (Å²) >= 11 is 0. The molecule has 2 atom stereocenters. The zero-order valence-electron chi connectivity index (χ0n) is 13.8. The minimum absolute atomic E-state index is 0.109. The molecule has 3 rings (SSSR count). The highest BCUT2D eigenvalue weighted by atomic mass is 19.1. The lowest BCUT2D eigenvalue weighted by atomic mass is 9.95. The van der Waals surface area contributed by atoms with Gasteiger partial charge in [-0.05, 0) is 24.1 Å². The van der Waals surface area contributed by atoms with Crippen molar-refractivity contribution in [2.75, 3.05) is 37.6 Å². The van der Waals surface area contributed by atoms with Gasteiger partial charge in [0.1, 0.15) is 5.82 Å². The van der Waals surface area contributed by atoms with Crippen molar-refractivity contribution in [1.29, 1.82) is 0 Å². The molecule has 2 amide bonds. The Bertz CT molecular complexity index is 631. The number of nitrogens with zero attached hydrogens (tertiary/aromatic N) is 1. The van der Waals surface area contributed by atoms with E-state index < -0.39 is 0 Å². The van der Waals surface area contributed by atoms with E-state index in [0.717, 1.165) is 26.2 Å². The maximum absolute atomic E-state index is 14.5. The van der Waals surface area contributed by atoms with E-state index in [0.29, 0.717) is 24.2 Å². The smallest absolute Gasteiger partial charge is 0.227 e. The minimum atomic E-state index is -0.365. The standard InChI is InChI=1S/C17H23FN4O2/c1-11(23)20-10-13-9-14(17(24)21-13)12-2-3-16(15(18)8-12)22-6-4-19-5-7-22/h2-3,8,13-14,19H,4-7,9-10H2,1H3,(H,20,23)(H,21,24)/t13-,14?/m0/s1. The third-order valence-electron chi connectivity index (χ3n) is 4.61. The highest BCUT2D eigenvalue weighted by Gasteiger charge is 2.33. The normalized spacial score (nSPS) is 23.9. The molecule has 0 aromatic heterocycles. The third kappa shape index (κ3) is 3.67. The molecule has 2 fully saturated rings. The van der Waals surface area contributed by atoms with Crippen molar-refractivity contribution >= 4 is 17.5 Å². The van der Waals surface area contributed by atoms with Crippen molar-refractivity contribution in [2.45, 2.75) is 25.3 Å². The summed E-state index contributed by atoms with van der Waals surface area (Å²) in [6.45, 7) is 5.09. The van der Waals surface area contributed by atoms with Gasteiger partial charge in [-0.3, -0.25) is 9.59 Å². The number of rotatable bonds is 4. The van der Waals surface area contributed by atoms with Gasteiger partial charge in [0.15, 0.2) is 0 Å². The molecule has 3 N–H and O–H groups in total. The van der Waals surface area contributed by atoms with E-state index in [1.165, 1.54) is 13.0 Å². The predicted octanol–water partition coefficient (Wildman–Crippen LogP) is 0.344. The van der Waals surface area contributed by atoms with Crippen LogP contribution < -0.4 is 20.9 Å². The molecule has 1 aromatic rings. The highest BCUT2D eigenvalue weighted by molar-refractivity contribution is 5.86. The van der Waals surface area contributed by atoms with Crippen molar-refractivity contribution in [1.82, 2.24) is 16.0 Å². The van der Waals surface area contributed by atoms with Gasteiger partial charge >= 0.3 is 0 Å². The average molecular weight is 334 g/mol. The van der Waals surface area contributed by atoms with E-state index in [2.05, 4.69) is 16.0 Å². The Morgan fingerprint density at radius 1 is 1.38 bits per heavy atom. The summed E-state index contributed by atoms with van der Waals surface area (Å²) in [7, 11) is 0. The molecule has 130 valence electrons. The zero-order chi connectivity index (χ0) is 17.1. The van der Waals surface area contributed by atoms with E-state index in [1.54, 1.807) is 6.07 Å². The van der Waals surface area contributed by atoms with Crippen molar-refractivity contribution in [3.05, 3.63) is 29.6 Å². The minimum Gasteiger partial charge on any atom is -0.367 e. The van der Waals surface area contributed by atoms with Crippen molar-refractivity contribution in [3.63, 3.8) is 0 Å². The Balaban J connectivity index is 1.69. The second-order valence-corrected chi connectivity index (χ2v) is 6.38. The molecule has 1 aromatic carbocycles. The SMILES string of the molecule is CC(=O)NC[C@@H]1CC(c2ccc(N3CCNCC3)c(F)c2)C(=O)N1. The Kier molecular flexibility index (Phi) is 4.99. The molecule has 2 heterocycles. The maximum atomic E-state index is 14.5. The van der Waals surface area contributed by atoms with Crippen LogP contribution in [-0.2, 0) is 9.59 Å². The van der Waals surface area contributed by atoms with Crippen LogP contribution in [0.2, 0.25) is 0 Å². The van der Waals surface area contributed by atoms with E-state index in [-0.39, 0.29) is 29.6 Å². The topological polar surface area (TPSA) is 73.5 Å². The quantitative estimate of drug-likeness (QED) is 0.743. The number of amides is 2. The predicted molar refractivity (Wildman–Crippen MR) is 89.5 cm³/mol. The largest absolute Gasteiger partial charge is 0.367 e. The fourth-order valence-corrected chi connectivity index (χ4v) is 3.34. The number of nitrogens with one attached hydrogen (secondary N) is 3. The van der Waals surface area contributed by atoms with Crippen LogP contribution in [0.1, 0.15) is 24.8 Å². The van der Waals surface area contributed by atoms with Crippen LogP contribution in [0.15, 0.2) is 18.2 Å². The van der Waals surface area contributed by atoms with Crippen LogP contribution in [0, 0.1) is 5.82 Å². The molecule has 0 aliphatic carbocycles. The fourth-order valence-electron chi connectivity index (χ4n) is 3.34. The van der Waals surface area contributed by atoms with Crippen molar-refractivity contribution in [3.8, 4) is 0 Å².